The Hall–Kier alpha value is -0.371. The molecule has 1 aliphatic carbocycles. The van der Waals surface area contributed by atoms with Crippen molar-refractivity contribution in [1.82, 2.24) is 4.98 Å². The van der Waals surface area contributed by atoms with Crippen LogP contribution in [0.15, 0.2) is 24.3 Å². The first kappa shape index (κ1) is 11.7. The summed E-state index contributed by atoms with van der Waals surface area (Å²) >= 11 is 2.50. The molecule has 90 valence electrons. The zero-order chi connectivity index (χ0) is 11.7. The average molecular weight is 310 g/mol. The van der Waals surface area contributed by atoms with Crippen molar-refractivity contribution in [2.24, 2.45) is 5.92 Å². The Kier molecular flexibility index (Phi) is 3.51. The molecule has 0 N–H and O–H groups in total. The standard InChI is InChI=1S/C14H17NSSe/c1-10-6-2-5-9-13(10)17-14-15-11-7-3-4-8-12(11)16-14/h3-4,7-8,10,13H,2,5-6,9H2,1H3/t10-,13-/m1/s1. The summed E-state index contributed by atoms with van der Waals surface area (Å²) in [4.78, 5) is 5.72. The van der Waals surface area contributed by atoms with Gasteiger partial charge in [0.1, 0.15) is 0 Å². The number of para-hydroxylation sites is 1. The molecule has 0 bridgehead atoms. The molecule has 1 fully saturated rings. The van der Waals surface area contributed by atoms with Gasteiger partial charge in [0, 0.05) is 0 Å². The number of benzene rings is 1. The molecular weight excluding hydrogens is 293 g/mol. The predicted molar refractivity (Wildman–Crippen MR) is 76.4 cm³/mol. The van der Waals surface area contributed by atoms with E-state index in [4.69, 9.17) is 4.98 Å². The number of fused-ring (bicyclic) bond motifs is 1. The SMILES string of the molecule is C[C@@H]1CCCC[C@H]1[Se]c1nc2ccccc2s1. The van der Waals surface area contributed by atoms with Crippen molar-refractivity contribution in [3.05, 3.63) is 24.3 Å². The molecule has 0 radical (unpaired) electrons. The summed E-state index contributed by atoms with van der Waals surface area (Å²) in [6, 6.07) is 8.52. The monoisotopic (exact) mass is 311 g/mol. The minimum atomic E-state index is 0.587. The number of aromatic nitrogens is 1. The molecule has 3 heteroatoms. The van der Waals surface area contributed by atoms with Gasteiger partial charge in [0.15, 0.2) is 0 Å². The van der Waals surface area contributed by atoms with Gasteiger partial charge >= 0.3 is 113 Å². The topological polar surface area (TPSA) is 12.9 Å². The van der Waals surface area contributed by atoms with E-state index in [0.717, 1.165) is 10.7 Å². The summed E-state index contributed by atoms with van der Waals surface area (Å²) in [5, 5.41) is 0. The van der Waals surface area contributed by atoms with E-state index in [2.05, 4.69) is 31.2 Å². The van der Waals surface area contributed by atoms with E-state index in [1.54, 1.807) is 0 Å². The van der Waals surface area contributed by atoms with Gasteiger partial charge in [0.05, 0.1) is 0 Å². The van der Waals surface area contributed by atoms with E-state index in [9.17, 15) is 0 Å². The van der Waals surface area contributed by atoms with Gasteiger partial charge in [-0.2, -0.15) is 0 Å². The Balaban J connectivity index is 1.79. The quantitative estimate of drug-likeness (QED) is 0.772. The third kappa shape index (κ3) is 2.57. The molecule has 2 atom stereocenters. The number of hydrogen-bond acceptors (Lipinski definition) is 2. The zero-order valence-electron chi connectivity index (χ0n) is 10.1. The van der Waals surface area contributed by atoms with Gasteiger partial charge in [-0.15, -0.1) is 0 Å². The van der Waals surface area contributed by atoms with Gasteiger partial charge in [-0.3, -0.25) is 0 Å². The summed E-state index contributed by atoms with van der Waals surface area (Å²) in [5.41, 5.74) is 1.19. The first-order valence-electron chi connectivity index (χ1n) is 6.35. The summed E-state index contributed by atoms with van der Waals surface area (Å²) in [6.07, 6.45) is 5.73. The van der Waals surface area contributed by atoms with Crippen LogP contribution in [-0.4, -0.2) is 19.9 Å². The Morgan fingerprint density at radius 2 is 2.06 bits per heavy atom. The number of hydrogen-bond donors (Lipinski definition) is 0. The molecule has 0 saturated heterocycles. The Morgan fingerprint density at radius 3 is 2.88 bits per heavy atom. The third-order valence-electron chi connectivity index (χ3n) is 3.56. The van der Waals surface area contributed by atoms with E-state index in [1.807, 2.05) is 11.3 Å². The van der Waals surface area contributed by atoms with Crippen LogP contribution in [0.5, 0.6) is 0 Å². The van der Waals surface area contributed by atoms with E-state index in [-0.39, 0.29) is 0 Å². The fourth-order valence-corrected chi connectivity index (χ4v) is 6.97. The van der Waals surface area contributed by atoms with Crippen molar-refractivity contribution >= 4 is 40.4 Å². The van der Waals surface area contributed by atoms with Crippen LogP contribution in [-0.2, 0) is 0 Å². The number of rotatable bonds is 2. The Labute approximate surface area is 113 Å². The van der Waals surface area contributed by atoms with Crippen LogP contribution in [0.4, 0.5) is 0 Å². The van der Waals surface area contributed by atoms with E-state index in [1.165, 1.54) is 39.8 Å². The Bertz CT molecular complexity index is 475. The van der Waals surface area contributed by atoms with Crippen LogP contribution in [0, 0.1) is 5.92 Å². The summed E-state index contributed by atoms with van der Waals surface area (Å²) in [6.45, 7) is 2.43. The van der Waals surface area contributed by atoms with Crippen LogP contribution in [0.1, 0.15) is 32.6 Å². The first-order chi connectivity index (χ1) is 8.33. The van der Waals surface area contributed by atoms with Gasteiger partial charge in [-0.05, 0) is 0 Å². The molecule has 17 heavy (non-hydrogen) atoms. The van der Waals surface area contributed by atoms with Crippen molar-refractivity contribution in [2.75, 3.05) is 0 Å². The second-order valence-corrected chi connectivity index (χ2v) is 9.06. The van der Waals surface area contributed by atoms with Crippen LogP contribution in [0.2, 0.25) is 4.82 Å². The molecule has 0 aliphatic heterocycles. The van der Waals surface area contributed by atoms with Crippen molar-refractivity contribution in [3.63, 3.8) is 0 Å². The van der Waals surface area contributed by atoms with Gasteiger partial charge in [0.2, 0.25) is 0 Å². The van der Waals surface area contributed by atoms with Gasteiger partial charge in [-0.1, -0.05) is 0 Å². The molecule has 0 spiro atoms. The van der Waals surface area contributed by atoms with E-state index in [0.29, 0.717) is 15.0 Å². The van der Waals surface area contributed by atoms with Gasteiger partial charge in [-0.25, -0.2) is 0 Å². The fraction of sp³-hybridized carbons (Fsp3) is 0.500. The molecule has 0 unspecified atom stereocenters. The average Bonchev–Trinajstić information content (AvgIpc) is 2.74. The first-order valence-corrected chi connectivity index (χ1v) is 9.01. The van der Waals surface area contributed by atoms with Gasteiger partial charge < -0.3 is 0 Å². The molecule has 1 aliphatic rings. The van der Waals surface area contributed by atoms with E-state index < -0.39 is 0 Å². The summed E-state index contributed by atoms with van der Waals surface area (Å²) < 4.78 is 2.75. The molecule has 1 aromatic carbocycles. The normalized spacial score (nSPS) is 25.2. The summed E-state index contributed by atoms with van der Waals surface area (Å²) in [7, 11) is 0. The van der Waals surface area contributed by atoms with Crippen molar-refractivity contribution in [2.45, 2.75) is 37.4 Å². The predicted octanol–water partition coefficient (Wildman–Crippen LogP) is 3.62. The molecule has 2 aromatic rings. The minimum absolute atomic E-state index is 0.587. The third-order valence-corrected chi connectivity index (χ3v) is 8.13. The van der Waals surface area contributed by atoms with Crippen LogP contribution in [0.25, 0.3) is 10.2 Å². The number of nitrogens with zero attached hydrogens (tertiary/aromatic N) is 1. The Morgan fingerprint density at radius 1 is 1.24 bits per heavy atom. The molecular formula is C14H17NSSe. The van der Waals surface area contributed by atoms with Crippen LogP contribution < -0.4 is 3.91 Å². The van der Waals surface area contributed by atoms with E-state index >= 15 is 0 Å². The van der Waals surface area contributed by atoms with Crippen LogP contribution in [0.3, 0.4) is 0 Å². The molecule has 1 aromatic heterocycles. The van der Waals surface area contributed by atoms with Crippen LogP contribution >= 0.6 is 11.3 Å². The fourth-order valence-electron chi connectivity index (χ4n) is 2.49. The second kappa shape index (κ2) is 5.09. The molecule has 0 amide bonds. The van der Waals surface area contributed by atoms with Crippen molar-refractivity contribution < 1.29 is 0 Å². The summed E-state index contributed by atoms with van der Waals surface area (Å²) in [5.74, 6) is 0.913. The van der Waals surface area contributed by atoms with Gasteiger partial charge in [0.25, 0.3) is 0 Å². The molecule has 3 rings (SSSR count). The number of thiazole rings is 1. The molecule has 1 heterocycles. The van der Waals surface area contributed by atoms with Crippen molar-refractivity contribution in [1.29, 1.82) is 0 Å². The second-order valence-electron chi connectivity index (χ2n) is 4.87. The van der Waals surface area contributed by atoms with Crippen molar-refractivity contribution in [3.8, 4) is 0 Å². The molecule has 1 nitrogen and oxygen atoms in total. The maximum atomic E-state index is 4.79. The zero-order valence-corrected chi connectivity index (χ0v) is 12.6. The molecule has 1 saturated carbocycles. The maximum absolute atomic E-state index is 4.79.